The van der Waals surface area contributed by atoms with Gasteiger partial charge >= 0.3 is 0 Å². The molecule has 3 aliphatic carbocycles. The molecule has 154 valence electrons. The molecule has 11 heteroatoms. The van der Waals surface area contributed by atoms with E-state index in [0.717, 1.165) is 12.3 Å². The Morgan fingerprint density at radius 1 is 1.24 bits per heavy atom. The number of nitrogens with one attached hydrogen (secondary N) is 2. The Labute approximate surface area is 172 Å². The molecule has 6 nitrogen and oxygen atoms in total. The lowest BCUT2D eigenvalue weighted by Gasteiger charge is -2.70. The van der Waals surface area contributed by atoms with Gasteiger partial charge in [0, 0.05) is 17.1 Å². The summed E-state index contributed by atoms with van der Waals surface area (Å²) in [5, 5.41) is 5.29. The van der Waals surface area contributed by atoms with Crippen LogP contribution in [0.1, 0.15) is 40.4 Å². The van der Waals surface area contributed by atoms with Gasteiger partial charge in [0.1, 0.15) is 16.4 Å². The summed E-state index contributed by atoms with van der Waals surface area (Å²) in [6.45, 7) is -0.278. The van der Waals surface area contributed by atoms with Gasteiger partial charge in [0.2, 0.25) is 0 Å². The Morgan fingerprint density at radius 2 is 1.93 bits per heavy atom. The molecule has 2 aromatic rings. The monoisotopic (exact) mass is 445 g/mol. The van der Waals surface area contributed by atoms with Crippen LogP contribution in [0.15, 0.2) is 24.4 Å². The van der Waals surface area contributed by atoms with Crippen LogP contribution in [-0.4, -0.2) is 34.5 Å². The number of ether oxygens (including phenoxy) is 1. The Morgan fingerprint density at radius 3 is 2.55 bits per heavy atom. The van der Waals surface area contributed by atoms with Crippen molar-refractivity contribution in [2.24, 2.45) is 0 Å². The molecule has 0 radical (unpaired) electrons. The highest BCUT2D eigenvalue weighted by molar-refractivity contribution is 7.13. The number of nitrogens with zero attached hydrogens (tertiary/aromatic N) is 1. The molecule has 0 spiro atoms. The number of thiazole rings is 1. The van der Waals surface area contributed by atoms with Crippen LogP contribution >= 0.6 is 22.9 Å². The van der Waals surface area contributed by atoms with Crippen LogP contribution in [0.2, 0.25) is 5.02 Å². The average molecular weight is 446 g/mol. The van der Waals surface area contributed by atoms with Crippen molar-refractivity contribution in [3.05, 3.63) is 45.1 Å². The molecule has 3 saturated carbocycles. The number of alkyl halides is 2. The van der Waals surface area contributed by atoms with E-state index >= 15 is 0 Å². The number of rotatable bonds is 7. The number of carbonyl (C=O) groups excluding carboxylic acids is 2. The fraction of sp³-hybridized carbons (Fsp3) is 0.389. The summed E-state index contributed by atoms with van der Waals surface area (Å²) >= 11 is 6.25. The first-order valence-corrected chi connectivity index (χ1v) is 9.84. The lowest BCUT2D eigenvalue weighted by Crippen LogP contribution is -2.84. The minimum atomic E-state index is -2.71. The molecular formula is C18H15ClF3N3O3S. The highest BCUT2D eigenvalue weighted by atomic mass is 35.5. The van der Waals surface area contributed by atoms with Gasteiger partial charge in [-0.25, -0.2) is 18.2 Å². The molecule has 1 heterocycles. The molecule has 2 bridgehead atoms. The number of amides is 2. The van der Waals surface area contributed by atoms with Crippen molar-refractivity contribution < 1.29 is 27.5 Å². The van der Waals surface area contributed by atoms with Crippen LogP contribution in [0.5, 0.6) is 5.75 Å². The molecule has 2 amide bonds. The minimum absolute atomic E-state index is 0.0354. The van der Waals surface area contributed by atoms with Crippen LogP contribution in [-0.2, 0) is 4.79 Å². The van der Waals surface area contributed by atoms with E-state index < -0.39 is 34.2 Å². The third-order valence-corrected chi connectivity index (χ3v) is 6.32. The first-order chi connectivity index (χ1) is 13.7. The van der Waals surface area contributed by atoms with Crippen molar-refractivity contribution in [2.75, 3.05) is 6.61 Å². The van der Waals surface area contributed by atoms with Crippen molar-refractivity contribution in [3.63, 3.8) is 0 Å². The van der Waals surface area contributed by atoms with E-state index in [1.807, 2.05) is 0 Å². The van der Waals surface area contributed by atoms with Gasteiger partial charge in [-0.05, 0) is 31.4 Å². The zero-order valence-electron chi connectivity index (χ0n) is 14.8. The predicted molar refractivity (Wildman–Crippen MR) is 98.9 cm³/mol. The second-order valence-corrected chi connectivity index (χ2v) is 8.79. The van der Waals surface area contributed by atoms with Crippen molar-refractivity contribution in [1.82, 2.24) is 15.6 Å². The van der Waals surface area contributed by atoms with Gasteiger partial charge in [0.05, 0.1) is 11.2 Å². The lowest BCUT2D eigenvalue weighted by molar-refractivity contribution is -0.141. The molecular weight excluding hydrogens is 431 g/mol. The number of aromatic nitrogens is 1. The summed E-state index contributed by atoms with van der Waals surface area (Å²) in [6.07, 6.45) is 0.0809. The molecule has 0 aliphatic heterocycles. The van der Waals surface area contributed by atoms with Gasteiger partial charge in [0.15, 0.2) is 11.6 Å². The lowest BCUT2D eigenvalue weighted by atomic mass is 9.44. The summed E-state index contributed by atoms with van der Waals surface area (Å²) in [4.78, 5) is 28.0. The van der Waals surface area contributed by atoms with Crippen LogP contribution in [0.3, 0.4) is 0 Å². The minimum Gasteiger partial charge on any atom is -0.484 e. The Bertz CT molecular complexity index is 964. The fourth-order valence-electron chi connectivity index (χ4n) is 3.90. The zero-order valence-corrected chi connectivity index (χ0v) is 16.4. The number of hydrogen-bond donors (Lipinski definition) is 2. The van der Waals surface area contributed by atoms with Gasteiger partial charge in [-0.2, -0.15) is 0 Å². The Kier molecular flexibility index (Phi) is 4.94. The first kappa shape index (κ1) is 20.0. The normalized spacial score (nSPS) is 24.4. The summed E-state index contributed by atoms with van der Waals surface area (Å²) in [5.41, 5.74) is -0.833. The molecule has 3 fully saturated rings. The fourth-order valence-corrected chi connectivity index (χ4v) is 4.68. The van der Waals surface area contributed by atoms with Gasteiger partial charge < -0.3 is 15.4 Å². The number of carbonyl (C=O) groups is 2. The second-order valence-electron chi connectivity index (χ2n) is 7.32. The predicted octanol–water partition coefficient (Wildman–Crippen LogP) is 3.47. The quantitative estimate of drug-likeness (QED) is 0.684. The van der Waals surface area contributed by atoms with E-state index in [1.165, 1.54) is 12.1 Å². The average Bonchev–Trinajstić information content (AvgIpc) is 3.10. The number of halogens is 4. The molecule has 5 rings (SSSR count). The first-order valence-electron chi connectivity index (χ1n) is 8.65. The van der Waals surface area contributed by atoms with E-state index in [9.17, 15) is 22.8 Å². The Balaban J connectivity index is 1.23. The van der Waals surface area contributed by atoms with Gasteiger partial charge in [0.25, 0.3) is 18.2 Å². The Hall–Kier alpha value is -2.33. The van der Waals surface area contributed by atoms with Crippen molar-refractivity contribution >= 4 is 34.8 Å². The molecule has 3 aliphatic rings. The molecule has 0 saturated heterocycles. The maximum Gasteiger partial charge on any atom is 0.289 e. The van der Waals surface area contributed by atoms with Crippen molar-refractivity contribution in [1.29, 1.82) is 0 Å². The molecule has 0 atom stereocenters. The summed E-state index contributed by atoms with van der Waals surface area (Å²) in [6, 6.07) is 3.90. The van der Waals surface area contributed by atoms with E-state index in [-0.39, 0.29) is 28.2 Å². The smallest absolute Gasteiger partial charge is 0.289 e. The number of hydrogen-bond acceptors (Lipinski definition) is 5. The van der Waals surface area contributed by atoms with Crippen LogP contribution in [0.25, 0.3) is 0 Å². The molecule has 1 aromatic heterocycles. The van der Waals surface area contributed by atoms with Gasteiger partial charge in [-0.3, -0.25) is 9.59 Å². The molecule has 0 unspecified atom stereocenters. The van der Waals surface area contributed by atoms with E-state index in [0.29, 0.717) is 30.6 Å². The molecule has 2 N–H and O–H groups in total. The standard InChI is InChI=1S/C18H15ClF3N3O3S/c19-10-2-1-9(3-11(10)20)28-5-13(26)24-17-6-18(7-17,8-17)25-15(27)12-4-23-16(29-12)14(21)22/h1-4,14H,5-8H2,(H,24,26)(H,25,27). The topological polar surface area (TPSA) is 80.3 Å². The summed E-state index contributed by atoms with van der Waals surface area (Å²) in [5.74, 6) is -1.24. The molecule has 29 heavy (non-hydrogen) atoms. The maximum atomic E-state index is 13.4. The third kappa shape index (κ3) is 3.91. The van der Waals surface area contributed by atoms with E-state index in [4.69, 9.17) is 16.3 Å². The van der Waals surface area contributed by atoms with E-state index in [2.05, 4.69) is 15.6 Å². The van der Waals surface area contributed by atoms with Crippen LogP contribution in [0.4, 0.5) is 13.2 Å². The molecule has 1 aromatic carbocycles. The summed E-state index contributed by atoms with van der Waals surface area (Å²) in [7, 11) is 0. The second kappa shape index (κ2) is 7.17. The summed E-state index contributed by atoms with van der Waals surface area (Å²) < 4.78 is 43.8. The maximum absolute atomic E-state index is 13.4. The highest BCUT2D eigenvalue weighted by Crippen LogP contribution is 2.60. The van der Waals surface area contributed by atoms with Gasteiger partial charge in [-0.1, -0.05) is 11.6 Å². The van der Waals surface area contributed by atoms with Crippen LogP contribution in [0, 0.1) is 5.82 Å². The SMILES string of the molecule is O=C(COc1ccc(Cl)c(F)c1)NC12CC(NC(=O)c3cnc(C(F)F)s3)(C1)C2. The third-order valence-electron chi connectivity index (χ3n) is 5.01. The largest absolute Gasteiger partial charge is 0.484 e. The highest BCUT2D eigenvalue weighted by Gasteiger charge is 2.69. The number of benzene rings is 1. The van der Waals surface area contributed by atoms with Gasteiger partial charge in [-0.15, -0.1) is 11.3 Å². The van der Waals surface area contributed by atoms with E-state index in [1.54, 1.807) is 0 Å². The van der Waals surface area contributed by atoms with Crippen molar-refractivity contribution in [2.45, 2.75) is 36.8 Å². The zero-order chi connectivity index (χ0) is 20.8. The van der Waals surface area contributed by atoms with Crippen molar-refractivity contribution in [3.8, 4) is 5.75 Å². The van der Waals surface area contributed by atoms with Crippen LogP contribution < -0.4 is 15.4 Å².